The highest BCUT2D eigenvalue weighted by Crippen LogP contribution is 2.24. The van der Waals surface area contributed by atoms with Gasteiger partial charge in [0.1, 0.15) is 5.75 Å². The Morgan fingerprint density at radius 3 is 2.71 bits per heavy atom. The molecule has 0 bridgehead atoms. The molecule has 0 saturated heterocycles. The van der Waals surface area contributed by atoms with Crippen LogP contribution >= 0.6 is 15.9 Å². The number of methoxy groups -OCH3 is 1. The molecule has 1 aromatic carbocycles. The molecule has 0 aromatic heterocycles. The lowest BCUT2D eigenvalue weighted by Gasteiger charge is -2.20. The second-order valence-electron chi connectivity index (χ2n) is 3.45. The Hall–Kier alpha value is -1.07. The Balaban J connectivity index is 2.95. The molecule has 1 aromatic rings. The normalized spacial score (nSPS) is 10.1. The van der Waals surface area contributed by atoms with Gasteiger partial charge >= 0.3 is 0 Å². The van der Waals surface area contributed by atoms with Crippen LogP contribution in [0, 0.1) is 0 Å². The topological polar surface area (TPSA) is 49.8 Å². The number of rotatable bonds is 5. The van der Waals surface area contributed by atoms with Crippen molar-refractivity contribution >= 4 is 21.8 Å². The van der Waals surface area contributed by atoms with E-state index in [1.807, 2.05) is 6.92 Å². The fraction of sp³-hybridized carbons (Fsp3) is 0.417. The lowest BCUT2D eigenvalue weighted by Crippen LogP contribution is -2.33. The van der Waals surface area contributed by atoms with Crippen molar-refractivity contribution in [2.75, 3.05) is 26.8 Å². The monoisotopic (exact) mass is 301 g/mol. The van der Waals surface area contributed by atoms with Crippen molar-refractivity contribution in [3.63, 3.8) is 0 Å². The molecule has 0 aliphatic rings. The Morgan fingerprint density at radius 1 is 1.53 bits per heavy atom. The highest BCUT2D eigenvalue weighted by Gasteiger charge is 2.16. The number of hydrogen-bond acceptors (Lipinski definition) is 3. The first kappa shape index (κ1) is 14.0. The zero-order valence-corrected chi connectivity index (χ0v) is 11.5. The number of aliphatic hydroxyl groups is 1. The van der Waals surface area contributed by atoms with E-state index in [9.17, 15) is 4.79 Å². The molecule has 94 valence electrons. The number of amides is 1. The van der Waals surface area contributed by atoms with Gasteiger partial charge in [-0.3, -0.25) is 4.79 Å². The van der Waals surface area contributed by atoms with E-state index in [4.69, 9.17) is 9.84 Å². The minimum Gasteiger partial charge on any atom is -0.497 e. The number of hydrogen-bond donors (Lipinski definition) is 1. The largest absolute Gasteiger partial charge is 0.497 e. The van der Waals surface area contributed by atoms with Crippen LogP contribution in [0.4, 0.5) is 0 Å². The molecule has 1 rings (SSSR count). The van der Waals surface area contributed by atoms with Crippen molar-refractivity contribution in [2.45, 2.75) is 6.92 Å². The number of halogens is 1. The predicted molar refractivity (Wildman–Crippen MR) is 69.4 cm³/mol. The van der Waals surface area contributed by atoms with E-state index in [0.717, 1.165) is 0 Å². The maximum Gasteiger partial charge on any atom is 0.255 e. The molecule has 0 unspecified atom stereocenters. The Morgan fingerprint density at radius 2 is 2.24 bits per heavy atom. The van der Waals surface area contributed by atoms with E-state index in [1.165, 1.54) is 0 Å². The van der Waals surface area contributed by atoms with Crippen molar-refractivity contribution in [3.8, 4) is 5.75 Å². The van der Waals surface area contributed by atoms with Gasteiger partial charge in [-0.25, -0.2) is 0 Å². The summed E-state index contributed by atoms with van der Waals surface area (Å²) in [5.74, 6) is 0.592. The van der Waals surface area contributed by atoms with Crippen LogP contribution in [-0.4, -0.2) is 42.7 Å². The molecule has 0 heterocycles. The first-order valence-corrected chi connectivity index (χ1v) is 6.17. The Bertz CT molecular complexity index is 395. The molecule has 0 aliphatic heterocycles. The molecule has 0 fully saturated rings. The summed E-state index contributed by atoms with van der Waals surface area (Å²) < 4.78 is 5.76. The fourth-order valence-corrected chi connectivity index (χ4v) is 2.02. The molecular formula is C12H16BrNO3. The van der Waals surface area contributed by atoms with E-state index in [-0.39, 0.29) is 12.5 Å². The van der Waals surface area contributed by atoms with Gasteiger partial charge in [-0.1, -0.05) is 0 Å². The van der Waals surface area contributed by atoms with E-state index >= 15 is 0 Å². The first-order valence-electron chi connectivity index (χ1n) is 5.37. The van der Waals surface area contributed by atoms with Crippen molar-refractivity contribution in [1.82, 2.24) is 4.90 Å². The van der Waals surface area contributed by atoms with Gasteiger partial charge in [-0.05, 0) is 41.1 Å². The van der Waals surface area contributed by atoms with Crippen LogP contribution < -0.4 is 4.74 Å². The molecule has 1 N–H and O–H groups in total. The Labute approximate surface area is 109 Å². The zero-order valence-electron chi connectivity index (χ0n) is 9.94. The summed E-state index contributed by atoms with van der Waals surface area (Å²) in [5, 5.41) is 8.89. The molecule has 0 radical (unpaired) electrons. The minimum absolute atomic E-state index is 0.0344. The molecule has 5 heteroatoms. The van der Waals surface area contributed by atoms with E-state index in [2.05, 4.69) is 15.9 Å². The number of likely N-dealkylation sites (N-methyl/N-ethyl adjacent to an activating group) is 1. The standard InChI is InChI=1S/C12H16BrNO3/c1-3-14(6-7-15)12(16)10-5-4-9(17-2)8-11(10)13/h4-5,8,15H,3,6-7H2,1-2H3. The van der Waals surface area contributed by atoms with Crippen molar-refractivity contribution < 1.29 is 14.6 Å². The average Bonchev–Trinajstić information content (AvgIpc) is 2.35. The second-order valence-corrected chi connectivity index (χ2v) is 4.31. The number of carbonyl (C=O) groups is 1. The summed E-state index contributed by atoms with van der Waals surface area (Å²) >= 11 is 3.35. The molecule has 0 aliphatic carbocycles. The van der Waals surface area contributed by atoms with Gasteiger partial charge in [0, 0.05) is 17.6 Å². The first-order chi connectivity index (χ1) is 8.13. The summed E-state index contributed by atoms with van der Waals surface area (Å²) in [6.45, 7) is 2.75. The molecular weight excluding hydrogens is 286 g/mol. The number of nitrogens with zero attached hydrogens (tertiary/aromatic N) is 1. The van der Waals surface area contributed by atoms with Gasteiger partial charge in [0.2, 0.25) is 0 Å². The number of aliphatic hydroxyl groups excluding tert-OH is 1. The van der Waals surface area contributed by atoms with Crippen molar-refractivity contribution in [1.29, 1.82) is 0 Å². The summed E-state index contributed by atoms with van der Waals surface area (Å²) in [6, 6.07) is 5.20. The predicted octanol–water partition coefficient (Wildman–Crippen LogP) is 1.91. The maximum absolute atomic E-state index is 12.1. The van der Waals surface area contributed by atoms with E-state index in [1.54, 1.807) is 30.2 Å². The minimum atomic E-state index is -0.101. The summed E-state index contributed by atoms with van der Waals surface area (Å²) in [4.78, 5) is 13.7. The van der Waals surface area contributed by atoms with Crippen LogP contribution in [0.1, 0.15) is 17.3 Å². The van der Waals surface area contributed by atoms with Gasteiger partial charge in [0.15, 0.2) is 0 Å². The lowest BCUT2D eigenvalue weighted by molar-refractivity contribution is 0.0731. The van der Waals surface area contributed by atoms with Gasteiger partial charge < -0.3 is 14.7 Å². The summed E-state index contributed by atoms with van der Waals surface area (Å²) in [5.41, 5.74) is 0.570. The van der Waals surface area contributed by atoms with E-state index in [0.29, 0.717) is 28.9 Å². The molecule has 0 atom stereocenters. The average molecular weight is 302 g/mol. The molecule has 17 heavy (non-hydrogen) atoms. The van der Waals surface area contributed by atoms with E-state index < -0.39 is 0 Å². The summed E-state index contributed by atoms with van der Waals surface area (Å²) in [7, 11) is 1.58. The van der Waals surface area contributed by atoms with Crippen LogP contribution in [0.5, 0.6) is 5.75 Å². The van der Waals surface area contributed by atoms with Crippen molar-refractivity contribution in [3.05, 3.63) is 28.2 Å². The molecule has 4 nitrogen and oxygen atoms in total. The quantitative estimate of drug-likeness (QED) is 0.904. The van der Waals surface area contributed by atoms with Crippen LogP contribution in [0.2, 0.25) is 0 Å². The zero-order chi connectivity index (χ0) is 12.8. The molecule has 0 spiro atoms. The molecule has 1 amide bonds. The van der Waals surface area contributed by atoms with Crippen LogP contribution in [0.25, 0.3) is 0 Å². The Kier molecular flexibility index (Phi) is 5.44. The number of carbonyl (C=O) groups excluding carboxylic acids is 1. The number of benzene rings is 1. The maximum atomic E-state index is 12.1. The third-order valence-electron chi connectivity index (χ3n) is 2.45. The third-order valence-corrected chi connectivity index (χ3v) is 3.10. The fourth-order valence-electron chi connectivity index (χ4n) is 1.49. The van der Waals surface area contributed by atoms with Gasteiger partial charge in [0.05, 0.1) is 19.3 Å². The van der Waals surface area contributed by atoms with Gasteiger partial charge in [-0.2, -0.15) is 0 Å². The highest BCUT2D eigenvalue weighted by atomic mass is 79.9. The third kappa shape index (κ3) is 3.44. The summed E-state index contributed by atoms with van der Waals surface area (Å²) in [6.07, 6.45) is 0. The van der Waals surface area contributed by atoms with Crippen molar-refractivity contribution in [2.24, 2.45) is 0 Å². The lowest BCUT2D eigenvalue weighted by atomic mass is 10.2. The van der Waals surface area contributed by atoms with Crippen LogP contribution in [0.3, 0.4) is 0 Å². The second kappa shape index (κ2) is 6.61. The van der Waals surface area contributed by atoms with Crippen LogP contribution in [0.15, 0.2) is 22.7 Å². The van der Waals surface area contributed by atoms with Crippen LogP contribution in [-0.2, 0) is 0 Å². The van der Waals surface area contributed by atoms with Gasteiger partial charge in [0.25, 0.3) is 5.91 Å². The smallest absolute Gasteiger partial charge is 0.255 e. The number of ether oxygens (including phenoxy) is 1. The van der Waals surface area contributed by atoms with Gasteiger partial charge in [-0.15, -0.1) is 0 Å². The SMILES string of the molecule is CCN(CCO)C(=O)c1ccc(OC)cc1Br. The highest BCUT2D eigenvalue weighted by molar-refractivity contribution is 9.10. The molecule has 0 saturated carbocycles.